The molecule has 10 heteroatoms. The number of amides is 1. The molecule has 1 aliphatic rings. The van der Waals surface area contributed by atoms with Crippen LogP contribution in [0.15, 0.2) is 48.5 Å². The van der Waals surface area contributed by atoms with E-state index in [-0.39, 0.29) is 29.3 Å². The van der Waals surface area contributed by atoms with E-state index in [1.807, 2.05) is 26.8 Å². The van der Waals surface area contributed by atoms with Crippen molar-refractivity contribution in [2.45, 2.75) is 32.9 Å². The van der Waals surface area contributed by atoms with Crippen LogP contribution in [0.2, 0.25) is 10.0 Å². The number of nitrogens with zero attached hydrogens (tertiary/aromatic N) is 4. The van der Waals surface area contributed by atoms with E-state index in [1.54, 1.807) is 59.1 Å². The molecule has 0 N–H and O–H groups in total. The van der Waals surface area contributed by atoms with Gasteiger partial charge in [-0.25, -0.2) is 9.07 Å². The maximum atomic E-state index is 15.3. The first kappa shape index (κ1) is 27.5. The average molecular weight is 579 g/mol. The topological polar surface area (TPSA) is 80.4 Å². The minimum absolute atomic E-state index is 0.0659. The predicted molar refractivity (Wildman–Crippen MR) is 152 cm³/mol. The van der Waals surface area contributed by atoms with Gasteiger partial charge in [0.2, 0.25) is 0 Å². The van der Waals surface area contributed by atoms with Gasteiger partial charge in [-0.3, -0.25) is 4.79 Å². The van der Waals surface area contributed by atoms with Crippen LogP contribution in [0.25, 0.3) is 28.1 Å². The van der Waals surface area contributed by atoms with Gasteiger partial charge in [-0.2, -0.15) is 10.4 Å². The minimum atomic E-state index is -0.669. The van der Waals surface area contributed by atoms with Gasteiger partial charge < -0.3 is 14.4 Å². The van der Waals surface area contributed by atoms with Crippen molar-refractivity contribution in [3.63, 3.8) is 0 Å². The Kier molecular flexibility index (Phi) is 6.99. The van der Waals surface area contributed by atoms with Gasteiger partial charge in [-0.05, 0) is 51.1 Å². The molecule has 0 saturated heterocycles. The number of carbonyl (C=O) groups excluding carboxylic acids is 1. The molecule has 1 aromatic heterocycles. The zero-order valence-electron chi connectivity index (χ0n) is 22.5. The number of carbonyl (C=O) groups is 1. The summed E-state index contributed by atoms with van der Waals surface area (Å²) >= 11 is 12.7. The Morgan fingerprint density at radius 2 is 1.82 bits per heavy atom. The molecule has 40 heavy (non-hydrogen) atoms. The molecule has 0 bridgehead atoms. The Morgan fingerprint density at radius 1 is 1.12 bits per heavy atom. The van der Waals surface area contributed by atoms with Gasteiger partial charge in [0.25, 0.3) is 5.91 Å². The van der Waals surface area contributed by atoms with E-state index < -0.39 is 11.4 Å². The maximum Gasteiger partial charge on any atom is 0.274 e. The Bertz CT molecular complexity index is 1700. The van der Waals surface area contributed by atoms with Crippen LogP contribution in [-0.2, 0) is 6.61 Å². The first-order valence-electron chi connectivity index (χ1n) is 12.3. The molecule has 0 atom stereocenters. The van der Waals surface area contributed by atoms with Crippen LogP contribution < -0.4 is 9.47 Å². The molecule has 0 fully saturated rings. The lowest BCUT2D eigenvalue weighted by atomic mass is 9.94. The highest BCUT2D eigenvalue weighted by atomic mass is 35.5. The summed E-state index contributed by atoms with van der Waals surface area (Å²) in [7, 11) is 3.19. The Balaban J connectivity index is 1.82. The molecule has 0 spiro atoms. The van der Waals surface area contributed by atoms with E-state index >= 15 is 4.39 Å². The third-order valence-corrected chi connectivity index (χ3v) is 7.36. The highest BCUT2D eigenvalue weighted by Gasteiger charge is 2.35. The van der Waals surface area contributed by atoms with Crippen LogP contribution in [0, 0.1) is 17.1 Å². The first-order valence-corrected chi connectivity index (χ1v) is 13.1. The summed E-state index contributed by atoms with van der Waals surface area (Å²) in [5, 5.41) is 14.9. The second-order valence-corrected chi connectivity index (χ2v) is 11.2. The monoisotopic (exact) mass is 578 g/mol. The number of nitriles is 1. The zero-order valence-corrected chi connectivity index (χ0v) is 24.0. The zero-order chi connectivity index (χ0) is 28.9. The molecule has 0 aliphatic carbocycles. The second-order valence-electron chi connectivity index (χ2n) is 10.4. The Hall–Kier alpha value is -4.06. The van der Waals surface area contributed by atoms with E-state index in [9.17, 15) is 10.1 Å². The number of hydrogen-bond donors (Lipinski definition) is 0. The lowest BCUT2D eigenvalue weighted by Crippen LogP contribution is -2.43. The molecule has 204 valence electrons. The van der Waals surface area contributed by atoms with Crippen molar-refractivity contribution in [2.75, 3.05) is 14.2 Å². The van der Waals surface area contributed by atoms with Crippen LogP contribution in [0.3, 0.4) is 0 Å². The van der Waals surface area contributed by atoms with Crippen LogP contribution >= 0.6 is 23.2 Å². The van der Waals surface area contributed by atoms with Crippen LogP contribution in [0.5, 0.6) is 11.5 Å². The van der Waals surface area contributed by atoms with Crippen molar-refractivity contribution < 1.29 is 18.7 Å². The van der Waals surface area contributed by atoms with Gasteiger partial charge in [-0.1, -0.05) is 35.3 Å². The quantitative estimate of drug-likeness (QED) is 0.254. The number of halogens is 3. The molecule has 7 nitrogen and oxygen atoms in total. The minimum Gasteiger partial charge on any atom is -0.496 e. The number of benzene rings is 3. The summed E-state index contributed by atoms with van der Waals surface area (Å²) in [6.45, 7) is 5.86. The lowest BCUT2D eigenvalue weighted by molar-refractivity contribution is 0.0646. The molecular weight excluding hydrogens is 554 g/mol. The summed E-state index contributed by atoms with van der Waals surface area (Å²) in [6.07, 6.45) is 0. The number of aromatic nitrogens is 2. The third kappa shape index (κ3) is 4.66. The van der Waals surface area contributed by atoms with Gasteiger partial charge in [0.1, 0.15) is 30.0 Å². The molecule has 5 rings (SSSR count). The number of methoxy groups -OCH3 is 1. The van der Waals surface area contributed by atoms with Crippen molar-refractivity contribution in [1.82, 2.24) is 14.7 Å². The van der Waals surface area contributed by atoms with E-state index in [0.29, 0.717) is 49.6 Å². The van der Waals surface area contributed by atoms with Crippen molar-refractivity contribution >= 4 is 29.1 Å². The summed E-state index contributed by atoms with van der Waals surface area (Å²) < 4.78 is 28.7. The molecule has 2 heterocycles. The standard InChI is InChI=1S/C30H25Cl2FN4O3/c1-30(2,3)36(4)29(38)27-23-15-40-25-13-24(39-5)21(20-8-6-7-16(14-34)26(20)33)12-22(25)28(23)37(35-27)19-10-17(31)9-18(32)11-19/h6-13H,15H2,1-5H3. The largest absolute Gasteiger partial charge is 0.496 e. The fourth-order valence-electron chi connectivity index (χ4n) is 4.57. The molecule has 1 aliphatic heterocycles. The number of ether oxygens (including phenoxy) is 2. The first-order chi connectivity index (χ1) is 18.9. The SMILES string of the molecule is COc1cc2c(cc1-c1cccc(C#N)c1F)-c1c(c(C(=O)N(C)C(C)(C)C)nn1-c1cc(Cl)cc(Cl)c1)CO2. The van der Waals surface area contributed by atoms with Gasteiger partial charge in [0.05, 0.1) is 24.1 Å². The fourth-order valence-corrected chi connectivity index (χ4v) is 5.08. The van der Waals surface area contributed by atoms with Gasteiger partial charge >= 0.3 is 0 Å². The number of fused-ring (bicyclic) bond motifs is 3. The smallest absolute Gasteiger partial charge is 0.274 e. The Labute approximate surface area is 241 Å². The second kappa shape index (κ2) is 10.2. The van der Waals surface area contributed by atoms with E-state index in [0.717, 1.165) is 0 Å². The van der Waals surface area contributed by atoms with Crippen molar-refractivity contribution in [3.8, 4) is 45.6 Å². The number of hydrogen-bond acceptors (Lipinski definition) is 5. The Morgan fingerprint density at radius 3 is 2.45 bits per heavy atom. The highest BCUT2D eigenvalue weighted by molar-refractivity contribution is 6.34. The van der Waals surface area contributed by atoms with Crippen molar-refractivity contribution in [3.05, 3.63) is 81.2 Å². The lowest BCUT2D eigenvalue weighted by Gasteiger charge is -2.31. The molecule has 4 aromatic rings. The molecule has 0 unspecified atom stereocenters. The van der Waals surface area contributed by atoms with Gasteiger partial charge in [0, 0.05) is 51.0 Å². The molecular formula is C30H25Cl2FN4O3. The van der Waals surface area contributed by atoms with E-state index in [4.69, 9.17) is 37.8 Å². The third-order valence-electron chi connectivity index (χ3n) is 6.93. The van der Waals surface area contributed by atoms with Gasteiger partial charge in [0.15, 0.2) is 5.69 Å². The summed E-state index contributed by atoms with van der Waals surface area (Å²) in [5.41, 5.74) is 2.47. The number of rotatable bonds is 4. The molecule has 3 aromatic carbocycles. The van der Waals surface area contributed by atoms with Crippen LogP contribution in [0.1, 0.15) is 42.4 Å². The van der Waals surface area contributed by atoms with E-state index in [1.165, 1.54) is 13.2 Å². The van der Waals surface area contributed by atoms with Crippen LogP contribution in [-0.4, -0.2) is 40.3 Å². The molecule has 0 radical (unpaired) electrons. The average Bonchev–Trinajstić information content (AvgIpc) is 3.31. The van der Waals surface area contributed by atoms with Crippen LogP contribution in [0.4, 0.5) is 4.39 Å². The predicted octanol–water partition coefficient (Wildman–Crippen LogP) is 7.30. The summed E-state index contributed by atoms with van der Waals surface area (Å²) in [6, 6.07) is 14.8. The van der Waals surface area contributed by atoms with E-state index in [2.05, 4.69) is 0 Å². The normalized spacial score (nSPS) is 12.2. The highest BCUT2D eigenvalue weighted by Crippen LogP contribution is 2.47. The van der Waals surface area contributed by atoms with Crippen molar-refractivity contribution in [2.24, 2.45) is 0 Å². The summed E-state index contributed by atoms with van der Waals surface area (Å²) in [4.78, 5) is 15.3. The summed E-state index contributed by atoms with van der Waals surface area (Å²) in [5.74, 6) is -0.138. The fraction of sp³-hybridized carbons (Fsp3) is 0.233. The molecule has 0 saturated carbocycles. The van der Waals surface area contributed by atoms with Gasteiger partial charge in [-0.15, -0.1) is 0 Å². The van der Waals surface area contributed by atoms with Crippen molar-refractivity contribution in [1.29, 1.82) is 5.26 Å². The maximum absolute atomic E-state index is 15.3. The molecule has 1 amide bonds.